The fourth-order valence-corrected chi connectivity index (χ4v) is 3.98. The first-order chi connectivity index (χ1) is 13.7. The first-order valence-corrected chi connectivity index (χ1v) is 10.0. The summed E-state index contributed by atoms with van der Waals surface area (Å²) in [4.78, 5) is 4.50. The van der Waals surface area contributed by atoms with Crippen LogP contribution < -0.4 is 10.6 Å². The Morgan fingerprint density at radius 1 is 1.07 bits per heavy atom. The molecule has 0 amide bonds. The molecule has 146 valence electrons. The third-order valence-electron chi connectivity index (χ3n) is 5.44. The van der Waals surface area contributed by atoms with Crippen molar-refractivity contribution in [2.24, 2.45) is 5.92 Å². The maximum absolute atomic E-state index is 14.3. The molecule has 5 heteroatoms. The Labute approximate surface area is 164 Å². The Kier molecular flexibility index (Phi) is 5.81. The predicted molar refractivity (Wildman–Crippen MR) is 110 cm³/mol. The Bertz CT molecular complexity index is 931. The SMILES string of the molecule is Fc1cccc(F)c1-c1cc(NCCCC2CCCNC2)c2ccccc2n1. The highest BCUT2D eigenvalue weighted by Gasteiger charge is 2.16. The van der Waals surface area contributed by atoms with Crippen LogP contribution in [0, 0.1) is 17.6 Å². The van der Waals surface area contributed by atoms with Gasteiger partial charge < -0.3 is 10.6 Å². The average Bonchev–Trinajstić information content (AvgIpc) is 2.72. The van der Waals surface area contributed by atoms with Crippen molar-refractivity contribution in [1.82, 2.24) is 10.3 Å². The summed E-state index contributed by atoms with van der Waals surface area (Å²) < 4.78 is 28.5. The highest BCUT2D eigenvalue weighted by molar-refractivity contribution is 5.93. The molecule has 3 nitrogen and oxygen atoms in total. The van der Waals surface area contributed by atoms with Crippen molar-refractivity contribution in [3.05, 3.63) is 60.2 Å². The van der Waals surface area contributed by atoms with E-state index in [1.165, 1.54) is 37.5 Å². The minimum absolute atomic E-state index is 0.0791. The number of aromatic nitrogens is 1. The van der Waals surface area contributed by atoms with Gasteiger partial charge in [-0.2, -0.15) is 0 Å². The summed E-state index contributed by atoms with van der Waals surface area (Å²) in [6, 6.07) is 13.3. The fraction of sp³-hybridized carbons (Fsp3) is 0.348. The lowest BCUT2D eigenvalue weighted by molar-refractivity contribution is 0.353. The van der Waals surface area contributed by atoms with Gasteiger partial charge in [0.1, 0.15) is 11.6 Å². The van der Waals surface area contributed by atoms with E-state index in [0.717, 1.165) is 48.6 Å². The lowest BCUT2D eigenvalue weighted by atomic mass is 9.95. The summed E-state index contributed by atoms with van der Waals surface area (Å²) in [6.45, 7) is 3.06. The van der Waals surface area contributed by atoms with Gasteiger partial charge in [-0.25, -0.2) is 13.8 Å². The lowest BCUT2D eigenvalue weighted by Gasteiger charge is -2.22. The number of para-hydroxylation sites is 1. The molecule has 28 heavy (non-hydrogen) atoms. The number of benzene rings is 2. The number of rotatable bonds is 6. The predicted octanol–water partition coefficient (Wildman–Crippen LogP) is 5.37. The first-order valence-electron chi connectivity index (χ1n) is 10.0. The van der Waals surface area contributed by atoms with Crippen molar-refractivity contribution in [2.45, 2.75) is 25.7 Å². The minimum atomic E-state index is -0.599. The number of anilines is 1. The second-order valence-electron chi connectivity index (χ2n) is 7.45. The van der Waals surface area contributed by atoms with Crippen LogP contribution in [0.5, 0.6) is 0 Å². The monoisotopic (exact) mass is 381 g/mol. The maximum Gasteiger partial charge on any atom is 0.135 e. The average molecular weight is 381 g/mol. The summed E-state index contributed by atoms with van der Waals surface area (Å²) in [5.41, 5.74) is 1.82. The molecule has 2 N–H and O–H groups in total. The fourth-order valence-electron chi connectivity index (χ4n) is 3.98. The summed E-state index contributed by atoms with van der Waals surface area (Å²) in [7, 11) is 0. The number of halogens is 2. The van der Waals surface area contributed by atoms with Crippen LogP contribution in [0.3, 0.4) is 0 Å². The zero-order chi connectivity index (χ0) is 19.3. The molecular weight excluding hydrogens is 356 g/mol. The van der Waals surface area contributed by atoms with E-state index < -0.39 is 11.6 Å². The molecule has 0 radical (unpaired) electrons. The van der Waals surface area contributed by atoms with E-state index in [4.69, 9.17) is 0 Å². The zero-order valence-electron chi connectivity index (χ0n) is 15.8. The van der Waals surface area contributed by atoms with Crippen LogP contribution in [0.4, 0.5) is 14.5 Å². The van der Waals surface area contributed by atoms with Crippen LogP contribution in [-0.2, 0) is 0 Å². The van der Waals surface area contributed by atoms with Gasteiger partial charge in [-0.3, -0.25) is 0 Å². The Morgan fingerprint density at radius 2 is 1.89 bits per heavy atom. The summed E-state index contributed by atoms with van der Waals surface area (Å²) in [6.07, 6.45) is 4.79. The molecule has 1 aromatic heterocycles. The standard InChI is InChI=1S/C23H25F2N3/c24-18-9-3-10-19(25)23(18)22-14-21(17-8-1-2-11-20(17)28-22)27-13-5-7-16-6-4-12-26-15-16/h1-3,8-11,14,16,26H,4-7,12-13,15H2,(H,27,28). The molecule has 0 bridgehead atoms. The summed E-state index contributed by atoms with van der Waals surface area (Å²) in [5, 5.41) is 7.89. The van der Waals surface area contributed by atoms with E-state index in [0.29, 0.717) is 5.69 Å². The third kappa shape index (κ3) is 4.14. The molecule has 2 aromatic carbocycles. The Hall–Kier alpha value is -2.53. The number of pyridine rings is 1. The minimum Gasteiger partial charge on any atom is -0.384 e. The number of piperidine rings is 1. The van der Waals surface area contributed by atoms with Crippen LogP contribution in [0.2, 0.25) is 0 Å². The van der Waals surface area contributed by atoms with Crippen LogP contribution in [0.25, 0.3) is 22.2 Å². The molecule has 3 aromatic rings. The van der Waals surface area contributed by atoms with Crippen molar-refractivity contribution >= 4 is 16.6 Å². The van der Waals surface area contributed by atoms with Gasteiger partial charge >= 0.3 is 0 Å². The third-order valence-corrected chi connectivity index (χ3v) is 5.44. The normalized spacial score (nSPS) is 17.0. The van der Waals surface area contributed by atoms with Gasteiger partial charge in [0.05, 0.1) is 16.8 Å². The van der Waals surface area contributed by atoms with E-state index in [1.807, 2.05) is 24.3 Å². The van der Waals surface area contributed by atoms with Gasteiger partial charge in [0.15, 0.2) is 0 Å². The van der Waals surface area contributed by atoms with Gasteiger partial charge in [-0.1, -0.05) is 24.3 Å². The highest BCUT2D eigenvalue weighted by atomic mass is 19.1. The molecule has 1 aliphatic rings. The van der Waals surface area contributed by atoms with Gasteiger partial charge in [-0.15, -0.1) is 0 Å². The smallest absolute Gasteiger partial charge is 0.135 e. The van der Waals surface area contributed by atoms with E-state index in [2.05, 4.69) is 15.6 Å². The second-order valence-corrected chi connectivity index (χ2v) is 7.45. The first kappa shape index (κ1) is 18.8. The molecule has 1 fully saturated rings. The van der Waals surface area contributed by atoms with Crippen LogP contribution in [0.15, 0.2) is 48.5 Å². The molecule has 1 atom stereocenters. The highest BCUT2D eigenvalue weighted by Crippen LogP contribution is 2.31. The molecule has 1 aliphatic heterocycles. The van der Waals surface area contributed by atoms with Crippen LogP contribution in [0.1, 0.15) is 25.7 Å². The largest absolute Gasteiger partial charge is 0.384 e. The van der Waals surface area contributed by atoms with Crippen LogP contribution in [-0.4, -0.2) is 24.6 Å². The quantitative estimate of drug-likeness (QED) is 0.564. The summed E-state index contributed by atoms with van der Waals surface area (Å²) >= 11 is 0. The van der Waals surface area contributed by atoms with Gasteiger partial charge in [0.2, 0.25) is 0 Å². The molecule has 1 unspecified atom stereocenters. The number of hydrogen-bond acceptors (Lipinski definition) is 3. The van der Waals surface area contributed by atoms with E-state index >= 15 is 0 Å². The molecule has 0 saturated carbocycles. The summed E-state index contributed by atoms with van der Waals surface area (Å²) in [5.74, 6) is -0.454. The number of nitrogens with one attached hydrogen (secondary N) is 2. The van der Waals surface area contributed by atoms with E-state index in [9.17, 15) is 8.78 Å². The van der Waals surface area contributed by atoms with Gasteiger partial charge in [0.25, 0.3) is 0 Å². The van der Waals surface area contributed by atoms with Crippen molar-refractivity contribution < 1.29 is 8.78 Å². The number of fused-ring (bicyclic) bond motifs is 1. The topological polar surface area (TPSA) is 37.0 Å². The lowest BCUT2D eigenvalue weighted by Crippen LogP contribution is -2.29. The number of hydrogen-bond donors (Lipinski definition) is 2. The zero-order valence-corrected chi connectivity index (χ0v) is 15.8. The second kappa shape index (κ2) is 8.65. The Morgan fingerprint density at radius 3 is 2.68 bits per heavy atom. The van der Waals surface area contributed by atoms with E-state index in [1.54, 1.807) is 6.07 Å². The molecule has 0 aliphatic carbocycles. The van der Waals surface area contributed by atoms with Gasteiger partial charge in [-0.05, 0) is 69.0 Å². The molecule has 4 rings (SSSR count). The molecule has 2 heterocycles. The van der Waals surface area contributed by atoms with Crippen LogP contribution >= 0.6 is 0 Å². The van der Waals surface area contributed by atoms with Crippen molar-refractivity contribution in [1.29, 1.82) is 0 Å². The maximum atomic E-state index is 14.3. The van der Waals surface area contributed by atoms with Crippen molar-refractivity contribution in [2.75, 3.05) is 25.0 Å². The van der Waals surface area contributed by atoms with Gasteiger partial charge in [0, 0.05) is 17.6 Å². The molecule has 1 saturated heterocycles. The molecular formula is C23H25F2N3. The number of nitrogens with zero attached hydrogens (tertiary/aromatic N) is 1. The van der Waals surface area contributed by atoms with Crippen molar-refractivity contribution in [3.63, 3.8) is 0 Å². The molecule has 0 spiro atoms. The van der Waals surface area contributed by atoms with Crippen molar-refractivity contribution in [3.8, 4) is 11.3 Å². The Balaban J connectivity index is 1.56. The van der Waals surface area contributed by atoms with E-state index in [-0.39, 0.29) is 5.56 Å².